The van der Waals surface area contributed by atoms with E-state index in [-0.39, 0.29) is 17.8 Å². The van der Waals surface area contributed by atoms with E-state index in [1.807, 2.05) is 42.5 Å². The highest BCUT2D eigenvalue weighted by atomic mass is 16.5. The molecule has 0 aliphatic carbocycles. The van der Waals surface area contributed by atoms with Crippen LogP contribution in [0.1, 0.15) is 37.6 Å². The molecule has 0 bridgehead atoms. The van der Waals surface area contributed by atoms with Gasteiger partial charge in [0.25, 0.3) is 0 Å². The zero-order valence-electron chi connectivity index (χ0n) is 13.5. The van der Waals surface area contributed by atoms with E-state index >= 15 is 0 Å². The third-order valence-electron chi connectivity index (χ3n) is 3.26. The molecule has 0 aliphatic rings. The second-order valence-corrected chi connectivity index (χ2v) is 6.67. The summed E-state index contributed by atoms with van der Waals surface area (Å²) >= 11 is 0. The molecule has 0 atom stereocenters. The quantitative estimate of drug-likeness (QED) is 0.784. The highest BCUT2D eigenvalue weighted by Crippen LogP contribution is 2.22. The van der Waals surface area contributed by atoms with Gasteiger partial charge in [-0.15, -0.1) is 0 Å². The van der Waals surface area contributed by atoms with Crippen molar-refractivity contribution in [1.29, 1.82) is 0 Å². The van der Waals surface area contributed by atoms with Crippen LogP contribution < -0.4 is 0 Å². The van der Waals surface area contributed by atoms with Crippen molar-refractivity contribution in [3.05, 3.63) is 65.5 Å². The van der Waals surface area contributed by atoms with Gasteiger partial charge < -0.3 is 4.74 Å². The lowest BCUT2D eigenvalue weighted by Gasteiger charge is -2.19. The van der Waals surface area contributed by atoms with Gasteiger partial charge in [-0.25, -0.2) is 0 Å². The molecular formula is C19H23NO2. The van der Waals surface area contributed by atoms with Crippen molar-refractivity contribution in [2.45, 2.75) is 40.2 Å². The molecule has 0 saturated carbocycles. The van der Waals surface area contributed by atoms with Crippen LogP contribution in [-0.4, -0.2) is 11.0 Å². The molecule has 22 heavy (non-hydrogen) atoms. The van der Waals surface area contributed by atoms with Crippen molar-refractivity contribution in [2.24, 2.45) is 5.41 Å². The third-order valence-corrected chi connectivity index (χ3v) is 3.26. The summed E-state index contributed by atoms with van der Waals surface area (Å²) in [7, 11) is 0. The SMILES string of the molecule is CC(C)(C)Cc1cccnc1CC(=O)OCc1ccccc1. The van der Waals surface area contributed by atoms with Crippen molar-refractivity contribution in [2.75, 3.05) is 0 Å². The third kappa shape index (κ3) is 5.32. The minimum Gasteiger partial charge on any atom is -0.461 e. The molecule has 0 unspecified atom stereocenters. The number of aromatic nitrogens is 1. The van der Waals surface area contributed by atoms with E-state index in [9.17, 15) is 4.79 Å². The number of ether oxygens (including phenoxy) is 1. The molecule has 3 nitrogen and oxygen atoms in total. The maximum Gasteiger partial charge on any atom is 0.312 e. The molecule has 0 saturated heterocycles. The Bertz CT molecular complexity index is 615. The number of esters is 1. The minimum absolute atomic E-state index is 0.158. The van der Waals surface area contributed by atoms with Crippen LogP contribution in [0, 0.1) is 5.41 Å². The lowest BCUT2D eigenvalue weighted by molar-refractivity contribution is -0.144. The molecule has 0 radical (unpaired) electrons. The van der Waals surface area contributed by atoms with Gasteiger partial charge in [-0.1, -0.05) is 57.2 Å². The summed E-state index contributed by atoms with van der Waals surface area (Å²) in [5.41, 5.74) is 3.08. The monoisotopic (exact) mass is 297 g/mol. The second kappa shape index (κ2) is 7.21. The maximum atomic E-state index is 12.0. The molecule has 116 valence electrons. The number of carbonyl (C=O) groups excluding carboxylic acids is 1. The van der Waals surface area contributed by atoms with Crippen LogP contribution in [0.15, 0.2) is 48.7 Å². The van der Waals surface area contributed by atoms with E-state index in [4.69, 9.17) is 4.74 Å². The number of pyridine rings is 1. The Hall–Kier alpha value is -2.16. The molecule has 0 fully saturated rings. The number of hydrogen-bond acceptors (Lipinski definition) is 3. The van der Waals surface area contributed by atoms with Crippen LogP contribution in [0.3, 0.4) is 0 Å². The fraction of sp³-hybridized carbons (Fsp3) is 0.368. The van der Waals surface area contributed by atoms with Crippen molar-refractivity contribution in [3.8, 4) is 0 Å². The van der Waals surface area contributed by atoms with Gasteiger partial charge in [0.15, 0.2) is 0 Å². The molecular weight excluding hydrogens is 274 g/mol. The zero-order valence-corrected chi connectivity index (χ0v) is 13.5. The number of nitrogens with zero attached hydrogens (tertiary/aromatic N) is 1. The molecule has 1 aromatic carbocycles. The molecule has 2 aromatic rings. The molecule has 1 aromatic heterocycles. The van der Waals surface area contributed by atoms with Crippen LogP contribution in [0.25, 0.3) is 0 Å². The first-order valence-corrected chi connectivity index (χ1v) is 7.56. The Labute approximate surface area is 132 Å². The van der Waals surface area contributed by atoms with E-state index in [1.54, 1.807) is 6.20 Å². The van der Waals surface area contributed by atoms with E-state index in [0.29, 0.717) is 6.61 Å². The summed E-state index contributed by atoms with van der Waals surface area (Å²) in [5, 5.41) is 0. The van der Waals surface area contributed by atoms with Gasteiger partial charge in [0, 0.05) is 6.20 Å². The van der Waals surface area contributed by atoms with Crippen LogP contribution in [0.2, 0.25) is 0 Å². The first kappa shape index (κ1) is 16.2. The fourth-order valence-corrected chi connectivity index (χ4v) is 2.29. The molecule has 0 aliphatic heterocycles. The fourth-order valence-electron chi connectivity index (χ4n) is 2.29. The predicted octanol–water partition coefficient (Wildman–Crippen LogP) is 3.96. The van der Waals surface area contributed by atoms with Crippen LogP contribution >= 0.6 is 0 Å². The normalized spacial score (nSPS) is 11.2. The van der Waals surface area contributed by atoms with E-state index in [1.165, 1.54) is 0 Å². The van der Waals surface area contributed by atoms with Gasteiger partial charge in [-0.3, -0.25) is 9.78 Å². The number of hydrogen-bond donors (Lipinski definition) is 0. The van der Waals surface area contributed by atoms with Gasteiger partial charge in [-0.05, 0) is 29.0 Å². The Morgan fingerprint density at radius 2 is 1.82 bits per heavy atom. The summed E-state index contributed by atoms with van der Waals surface area (Å²) in [6, 6.07) is 13.7. The smallest absolute Gasteiger partial charge is 0.312 e. The van der Waals surface area contributed by atoms with Gasteiger partial charge in [-0.2, -0.15) is 0 Å². The first-order valence-electron chi connectivity index (χ1n) is 7.56. The summed E-state index contributed by atoms with van der Waals surface area (Å²) in [5.74, 6) is -0.238. The van der Waals surface area contributed by atoms with Crippen molar-refractivity contribution in [3.63, 3.8) is 0 Å². The summed E-state index contributed by atoms with van der Waals surface area (Å²) in [6.07, 6.45) is 2.84. The van der Waals surface area contributed by atoms with E-state index in [0.717, 1.165) is 23.2 Å². The molecule has 0 spiro atoms. The summed E-state index contributed by atoms with van der Waals surface area (Å²) in [4.78, 5) is 16.4. The number of benzene rings is 1. The molecule has 3 heteroatoms. The Morgan fingerprint density at radius 3 is 2.50 bits per heavy atom. The largest absolute Gasteiger partial charge is 0.461 e. The zero-order chi connectivity index (χ0) is 16.0. The van der Waals surface area contributed by atoms with Gasteiger partial charge in [0.2, 0.25) is 0 Å². The van der Waals surface area contributed by atoms with Crippen molar-refractivity contribution >= 4 is 5.97 Å². The summed E-state index contributed by atoms with van der Waals surface area (Å²) in [6.45, 7) is 6.84. The average Bonchev–Trinajstić information content (AvgIpc) is 2.47. The molecule has 0 amide bonds. The predicted molar refractivity (Wildman–Crippen MR) is 87.3 cm³/mol. The van der Waals surface area contributed by atoms with Gasteiger partial charge in [0.1, 0.15) is 6.61 Å². The molecule has 1 heterocycles. The lowest BCUT2D eigenvalue weighted by atomic mass is 9.87. The average molecular weight is 297 g/mol. The standard InChI is InChI=1S/C19H23NO2/c1-19(2,3)13-16-10-7-11-20-17(16)12-18(21)22-14-15-8-5-4-6-9-15/h4-11H,12-14H2,1-3H3. The van der Waals surface area contributed by atoms with E-state index < -0.39 is 0 Å². The first-order chi connectivity index (χ1) is 10.4. The maximum absolute atomic E-state index is 12.0. The van der Waals surface area contributed by atoms with Gasteiger partial charge >= 0.3 is 5.97 Å². The number of carbonyl (C=O) groups is 1. The highest BCUT2D eigenvalue weighted by Gasteiger charge is 2.16. The van der Waals surface area contributed by atoms with Crippen LogP contribution in [0.5, 0.6) is 0 Å². The number of rotatable bonds is 5. The lowest BCUT2D eigenvalue weighted by Crippen LogP contribution is -2.15. The molecule has 2 rings (SSSR count). The van der Waals surface area contributed by atoms with E-state index in [2.05, 4.69) is 25.8 Å². The van der Waals surface area contributed by atoms with Crippen molar-refractivity contribution < 1.29 is 9.53 Å². The Kier molecular flexibility index (Phi) is 5.31. The molecule has 0 N–H and O–H groups in total. The van der Waals surface area contributed by atoms with Crippen LogP contribution in [0.4, 0.5) is 0 Å². The second-order valence-electron chi connectivity index (χ2n) is 6.67. The van der Waals surface area contributed by atoms with Crippen molar-refractivity contribution in [1.82, 2.24) is 4.98 Å². The van der Waals surface area contributed by atoms with Crippen LogP contribution in [-0.2, 0) is 29.0 Å². The Balaban J connectivity index is 1.97. The summed E-state index contributed by atoms with van der Waals surface area (Å²) < 4.78 is 5.34. The van der Waals surface area contributed by atoms with Gasteiger partial charge in [0.05, 0.1) is 12.1 Å². The Morgan fingerprint density at radius 1 is 1.09 bits per heavy atom. The minimum atomic E-state index is -0.238. The highest BCUT2D eigenvalue weighted by molar-refractivity contribution is 5.72. The topological polar surface area (TPSA) is 39.2 Å².